The Kier molecular flexibility index (Phi) is 6.17. The zero-order chi connectivity index (χ0) is 22.2. The van der Waals surface area contributed by atoms with Crippen molar-refractivity contribution in [2.75, 3.05) is 10.2 Å². The highest BCUT2D eigenvalue weighted by molar-refractivity contribution is 6.31. The van der Waals surface area contributed by atoms with E-state index in [0.29, 0.717) is 26.5 Å². The summed E-state index contributed by atoms with van der Waals surface area (Å²) in [6.07, 6.45) is -1.01. The maximum atomic E-state index is 13.3. The number of hydroxylamine groups is 2. The molecular formula is C21H24Cl2N4O3. The average Bonchev–Trinajstić information content (AvgIpc) is 2.86. The van der Waals surface area contributed by atoms with Gasteiger partial charge in [0, 0.05) is 27.5 Å². The molecule has 1 atom stereocenters. The van der Waals surface area contributed by atoms with Crippen LogP contribution in [-0.4, -0.2) is 45.0 Å². The van der Waals surface area contributed by atoms with Gasteiger partial charge in [-0.15, -0.1) is 0 Å². The van der Waals surface area contributed by atoms with Crippen molar-refractivity contribution < 1.29 is 14.8 Å². The van der Waals surface area contributed by atoms with Gasteiger partial charge in [0.25, 0.3) is 0 Å². The minimum Gasteiger partial charge on any atom is -0.313 e. The Hall–Kier alpha value is -2.48. The van der Waals surface area contributed by atoms with Crippen LogP contribution in [0.15, 0.2) is 48.5 Å². The molecular weight excluding hydrogens is 427 g/mol. The van der Waals surface area contributed by atoms with Crippen molar-refractivity contribution >= 4 is 46.6 Å². The first-order valence-corrected chi connectivity index (χ1v) is 10.2. The van der Waals surface area contributed by atoms with Crippen molar-refractivity contribution in [2.45, 2.75) is 45.4 Å². The van der Waals surface area contributed by atoms with Crippen LogP contribution < -0.4 is 10.2 Å². The molecule has 1 unspecified atom stereocenters. The number of halogens is 2. The fourth-order valence-corrected chi connectivity index (χ4v) is 4.31. The molecule has 2 N–H and O–H groups in total. The van der Waals surface area contributed by atoms with E-state index in [2.05, 4.69) is 5.32 Å². The number of amides is 4. The van der Waals surface area contributed by atoms with Crippen LogP contribution >= 0.6 is 23.2 Å². The third-order valence-electron chi connectivity index (χ3n) is 5.03. The summed E-state index contributed by atoms with van der Waals surface area (Å²) in [7, 11) is 0. The van der Waals surface area contributed by atoms with Crippen LogP contribution in [0.25, 0.3) is 0 Å². The molecule has 1 aliphatic rings. The summed E-state index contributed by atoms with van der Waals surface area (Å²) in [6.45, 7) is 7.36. The SMILES string of the molecule is CC(C)N1C(=O)N(c2cccc(Cl)c2)C(N(O)C(=O)Nc2cccc(Cl)c2)C1(C)C. The minimum atomic E-state index is -1.01. The van der Waals surface area contributed by atoms with Crippen molar-refractivity contribution in [1.82, 2.24) is 9.96 Å². The first-order valence-electron chi connectivity index (χ1n) is 9.46. The molecule has 2 aromatic rings. The van der Waals surface area contributed by atoms with E-state index in [1.165, 1.54) is 4.90 Å². The van der Waals surface area contributed by atoms with Crippen molar-refractivity contribution in [2.24, 2.45) is 0 Å². The molecule has 0 bridgehead atoms. The molecule has 0 spiro atoms. The molecule has 1 saturated heterocycles. The van der Waals surface area contributed by atoms with Crippen molar-refractivity contribution in [3.05, 3.63) is 58.6 Å². The van der Waals surface area contributed by atoms with Gasteiger partial charge in [-0.2, -0.15) is 5.06 Å². The Balaban J connectivity index is 2.00. The van der Waals surface area contributed by atoms with Gasteiger partial charge in [-0.25, -0.2) is 9.59 Å². The molecule has 3 rings (SSSR count). The summed E-state index contributed by atoms with van der Waals surface area (Å²) >= 11 is 12.1. The van der Waals surface area contributed by atoms with Gasteiger partial charge in [0.05, 0.1) is 5.54 Å². The van der Waals surface area contributed by atoms with E-state index in [1.807, 2.05) is 13.8 Å². The standard InChI is InChI=1S/C21H24Cl2N4O3/c1-13(2)26-20(29)25(17-10-6-8-15(23)12-17)18(21(26,3)4)27(30)19(28)24-16-9-5-7-14(22)11-16/h5-13,18,30H,1-4H3,(H,24,28). The number of hydrogen-bond donors (Lipinski definition) is 2. The van der Waals surface area contributed by atoms with E-state index >= 15 is 0 Å². The van der Waals surface area contributed by atoms with E-state index in [-0.39, 0.29) is 12.1 Å². The van der Waals surface area contributed by atoms with Crippen molar-refractivity contribution in [3.8, 4) is 0 Å². The molecule has 1 aliphatic heterocycles. The van der Waals surface area contributed by atoms with E-state index in [1.54, 1.807) is 67.3 Å². The largest absolute Gasteiger partial charge is 0.347 e. The summed E-state index contributed by atoms with van der Waals surface area (Å²) < 4.78 is 0. The van der Waals surface area contributed by atoms with Gasteiger partial charge < -0.3 is 10.2 Å². The predicted molar refractivity (Wildman–Crippen MR) is 118 cm³/mol. The van der Waals surface area contributed by atoms with Crippen LogP contribution in [0.2, 0.25) is 10.0 Å². The maximum absolute atomic E-state index is 13.3. The highest BCUT2D eigenvalue weighted by Crippen LogP contribution is 2.39. The normalized spacial score (nSPS) is 18.1. The third kappa shape index (κ3) is 4.05. The van der Waals surface area contributed by atoms with Crippen LogP contribution in [0.4, 0.5) is 21.0 Å². The number of rotatable bonds is 4. The monoisotopic (exact) mass is 450 g/mol. The Labute approximate surface area is 185 Å². The van der Waals surface area contributed by atoms with Crippen molar-refractivity contribution in [1.29, 1.82) is 0 Å². The van der Waals surface area contributed by atoms with Crippen molar-refractivity contribution in [3.63, 3.8) is 0 Å². The van der Waals surface area contributed by atoms with Crippen LogP contribution in [0.1, 0.15) is 27.7 Å². The van der Waals surface area contributed by atoms with Gasteiger partial charge in [0.1, 0.15) is 0 Å². The minimum absolute atomic E-state index is 0.163. The Morgan fingerprint density at radius 3 is 2.30 bits per heavy atom. The van der Waals surface area contributed by atoms with Gasteiger partial charge in [-0.05, 0) is 64.1 Å². The summed E-state index contributed by atoms with van der Waals surface area (Å²) in [5.41, 5.74) is -0.0133. The number of carbonyl (C=O) groups excluding carboxylic acids is 2. The summed E-state index contributed by atoms with van der Waals surface area (Å²) in [5.74, 6) is 0. The summed E-state index contributed by atoms with van der Waals surface area (Å²) in [4.78, 5) is 29.2. The number of anilines is 2. The molecule has 30 heavy (non-hydrogen) atoms. The number of nitrogens with one attached hydrogen (secondary N) is 1. The second-order valence-corrected chi connectivity index (χ2v) is 8.78. The molecule has 2 aromatic carbocycles. The zero-order valence-corrected chi connectivity index (χ0v) is 18.6. The molecule has 0 aliphatic carbocycles. The van der Waals surface area contributed by atoms with E-state index in [4.69, 9.17) is 23.2 Å². The molecule has 1 fully saturated rings. The van der Waals surface area contributed by atoms with Gasteiger partial charge in [-0.1, -0.05) is 35.3 Å². The van der Waals surface area contributed by atoms with E-state index < -0.39 is 17.7 Å². The lowest BCUT2D eigenvalue weighted by Gasteiger charge is -2.39. The van der Waals surface area contributed by atoms with Gasteiger partial charge >= 0.3 is 12.1 Å². The number of urea groups is 2. The molecule has 1 heterocycles. The second-order valence-electron chi connectivity index (χ2n) is 7.91. The Morgan fingerprint density at radius 1 is 1.13 bits per heavy atom. The van der Waals surface area contributed by atoms with Crippen LogP contribution in [0, 0.1) is 0 Å². The first-order chi connectivity index (χ1) is 14.0. The lowest BCUT2D eigenvalue weighted by molar-refractivity contribution is -0.0968. The van der Waals surface area contributed by atoms with E-state index in [9.17, 15) is 14.8 Å². The Morgan fingerprint density at radius 2 is 1.73 bits per heavy atom. The molecule has 0 radical (unpaired) electrons. The number of carbonyl (C=O) groups is 2. The molecule has 0 aromatic heterocycles. The quantitative estimate of drug-likeness (QED) is 0.465. The smallest absolute Gasteiger partial charge is 0.313 e. The third-order valence-corrected chi connectivity index (χ3v) is 5.50. The zero-order valence-electron chi connectivity index (χ0n) is 17.1. The highest BCUT2D eigenvalue weighted by Gasteiger charge is 2.56. The molecule has 7 nitrogen and oxygen atoms in total. The molecule has 0 saturated carbocycles. The molecule has 160 valence electrons. The number of hydrogen-bond acceptors (Lipinski definition) is 3. The van der Waals surface area contributed by atoms with Gasteiger partial charge in [-0.3, -0.25) is 10.1 Å². The van der Waals surface area contributed by atoms with Crippen LogP contribution in [-0.2, 0) is 0 Å². The fourth-order valence-electron chi connectivity index (χ4n) is 3.94. The molecule has 4 amide bonds. The van der Waals surface area contributed by atoms with Gasteiger partial charge in [0.2, 0.25) is 0 Å². The fraction of sp³-hybridized carbons (Fsp3) is 0.333. The second kappa shape index (κ2) is 8.34. The highest BCUT2D eigenvalue weighted by atomic mass is 35.5. The summed E-state index contributed by atoms with van der Waals surface area (Å²) in [6, 6.07) is 12.0. The van der Waals surface area contributed by atoms with Gasteiger partial charge in [0.15, 0.2) is 6.17 Å². The number of nitrogens with zero attached hydrogens (tertiary/aromatic N) is 3. The molecule has 9 heteroatoms. The maximum Gasteiger partial charge on any atom is 0.347 e. The predicted octanol–water partition coefficient (Wildman–Crippen LogP) is 5.67. The topological polar surface area (TPSA) is 76.1 Å². The lowest BCUT2D eigenvalue weighted by Crippen LogP contribution is -2.58. The first kappa shape index (κ1) is 22.2. The number of benzene rings is 2. The van der Waals surface area contributed by atoms with E-state index in [0.717, 1.165) is 0 Å². The van der Waals surface area contributed by atoms with Crippen LogP contribution in [0.5, 0.6) is 0 Å². The van der Waals surface area contributed by atoms with Crippen LogP contribution in [0.3, 0.4) is 0 Å². The Bertz CT molecular complexity index is 967. The average molecular weight is 451 g/mol. The summed E-state index contributed by atoms with van der Waals surface area (Å²) in [5, 5.41) is 15.0. The lowest BCUT2D eigenvalue weighted by atomic mass is 9.98.